The van der Waals surface area contributed by atoms with Crippen LogP contribution >= 0.6 is 24.0 Å². The van der Waals surface area contributed by atoms with Crippen LogP contribution in [0.25, 0.3) is 17.4 Å². The van der Waals surface area contributed by atoms with Crippen molar-refractivity contribution in [2.45, 2.75) is 25.6 Å². The lowest BCUT2D eigenvalue weighted by Crippen LogP contribution is -2.43. The van der Waals surface area contributed by atoms with Gasteiger partial charge in [0.1, 0.15) is 21.9 Å². The quantitative estimate of drug-likeness (QED) is 0.518. The number of hydrogen-bond donors (Lipinski definition) is 1. The zero-order chi connectivity index (χ0) is 21.3. The molecule has 1 aliphatic heterocycles. The van der Waals surface area contributed by atoms with Crippen molar-refractivity contribution >= 4 is 46.3 Å². The Bertz CT molecular complexity index is 1010. The molecule has 1 atom stereocenters. The molecule has 1 aliphatic rings. The first-order chi connectivity index (χ1) is 13.6. The van der Waals surface area contributed by atoms with Crippen LogP contribution in [0.1, 0.15) is 24.7 Å². The van der Waals surface area contributed by atoms with Crippen molar-refractivity contribution in [2.75, 3.05) is 0 Å². The van der Waals surface area contributed by atoms with E-state index in [0.29, 0.717) is 0 Å². The van der Waals surface area contributed by atoms with Gasteiger partial charge in [0.05, 0.1) is 10.5 Å². The Morgan fingerprint density at radius 3 is 2.62 bits per heavy atom. The molecule has 1 N–H and O–H groups in total. The second-order valence-electron chi connectivity index (χ2n) is 6.06. The van der Waals surface area contributed by atoms with Gasteiger partial charge >= 0.3 is 12.1 Å². The summed E-state index contributed by atoms with van der Waals surface area (Å²) in [5, 5.41) is 9.27. The van der Waals surface area contributed by atoms with E-state index in [-0.39, 0.29) is 32.7 Å². The van der Waals surface area contributed by atoms with E-state index in [1.165, 1.54) is 36.4 Å². The molecule has 1 fully saturated rings. The molecule has 3 rings (SSSR count). The first-order valence-corrected chi connectivity index (χ1v) is 9.62. The van der Waals surface area contributed by atoms with E-state index >= 15 is 0 Å². The highest BCUT2D eigenvalue weighted by atomic mass is 32.2. The van der Waals surface area contributed by atoms with Crippen LogP contribution in [-0.4, -0.2) is 32.2 Å². The summed E-state index contributed by atoms with van der Waals surface area (Å²) < 4.78 is 45.2. The lowest BCUT2D eigenvalue weighted by molar-refractivity contribution is -0.145. The van der Waals surface area contributed by atoms with Crippen LogP contribution in [0.4, 0.5) is 13.2 Å². The maximum Gasteiger partial charge on any atom is 0.417 e. The van der Waals surface area contributed by atoms with E-state index in [1.54, 1.807) is 6.92 Å². The van der Waals surface area contributed by atoms with E-state index in [0.717, 1.165) is 22.7 Å². The summed E-state index contributed by atoms with van der Waals surface area (Å²) in [7, 11) is 0. The fraction of sp³-hybridized carbons (Fsp3) is 0.211. The number of alkyl halides is 3. The molecule has 10 heteroatoms. The maximum atomic E-state index is 13.2. The first kappa shape index (κ1) is 21.1. The van der Waals surface area contributed by atoms with Crippen LogP contribution in [-0.2, 0) is 15.8 Å². The van der Waals surface area contributed by atoms with Gasteiger partial charge in [-0.2, -0.15) is 13.2 Å². The molecule has 2 heterocycles. The summed E-state index contributed by atoms with van der Waals surface area (Å²) in [5.74, 6) is -1.60. The number of carbonyl (C=O) groups is 2. The largest absolute Gasteiger partial charge is 0.480 e. The molecule has 1 aromatic heterocycles. The lowest BCUT2D eigenvalue weighted by atomic mass is 10.1. The number of thiocarbonyl (C=S) groups is 1. The zero-order valence-corrected chi connectivity index (χ0v) is 16.5. The summed E-state index contributed by atoms with van der Waals surface area (Å²) in [6.07, 6.45) is -3.03. The Morgan fingerprint density at radius 1 is 1.31 bits per heavy atom. The standard InChI is InChI=1S/C19H14F3NO4S2/c1-2-13(17(25)26)23-16(24)15(29-18(23)28)9-10-7-8-14(27-10)11-5-3-4-6-12(11)19(20,21)22/h3-9,13H,2H2,1H3,(H,25,26)/b15-9+/t13-/m1/s1. The summed E-state index contributed by atoms with van der Waals surface area (Å²) in [6.45, 7) is 1.62. The molecule has 5 nitrogen and oxygen atoms in total. The summed E-state index contributed by atoms with van der Waals surface area (Å²) in [4.78, 5) is 25.1. The molecule has 0 radical (unpaired) electrons. The van der Waals surface area contributed by atoms with Crippen LogP contribution in [0.2, 0.25) is 0 Å². The monoisotopic (exact) mass is 441 g/mol. The van der Waals surface area contributed by atoms with Crippen LogP contribution in [0, 0.1) is 0 Å². The molecule has 0 bridgehead atoms. The highest BCUT2D eigenvalue weighted by Crippen LogP contribution is 2.39. The summed E-state index contributed by atoms with van der Waals surface area (Å²) in [5.41, 5.74) is -0.955. The van der Waals surface area contributed by atoms with Crippen molar-refractivity contribution in [3.63, 3.8) is 0 Å². The Morgan fingerprint density at radius 2 is 2.00 bits per heavy atom. The average molecular weight is 441 g/mol. The van der Waals surface area contributed by atoms with Gasteiger partial charge < -0.3 is 9.52 Å². The number of carboxylic acids is 1. The average Bonchev–Trinajstić information content (AvgIpc) is 3.22. The molecule has 29 heavy (non-hydrogen) atoms. The minimum absolute atomic E-state index is 0.00313. The number of benzene rings is 1. The number of thioether (sulfide) groups is 1. The summed E-state index contributed by atoms with van der Waals surface area (Å²) >= 11 is 6.04. The second-order valence-corrected chi connectivity index (χ2v) is 7.74. The molecular weight excluding hydrogens is 427 g/mol. The van der Waals surface area contributed by atoms with Gasteiger partial charge in [-0.3, -0.25) is 9.69 Å². The number of carbonyl (C=O) groups excluding carboxylic acids is 1. The van der Waals surface area contributed by atoms with E-state index in [9.17, 15) is 27.9 Å². The number of halogens is 3. The van der Waals surface area contributed by atoms with Crippen molar-refractivity contribution in [3.05, 3.63) is 52.6 Å². The normalized spacial score (nSPS) is 17.2. The molecule has 0 saturated carbocycles. The highest BCUT2D eigenvalue weighted by Gasteiger charge is 2.40. The minimum atomic E-state index is -4.54. The van der Waals surface area contributed by atoms with Crippen LogP contribution in [0.3, 0.4) is 0 Å². The minimum Gasteiger partial charge on any atom is -0.480 e. The SMILES string of the molecule is CC[C@H](C(=O)O)N1C(=O)/C(=C\c2ccc(-c3ccccc3C(F)(F)F)o2)SC1=S. The predicted molar refractivity (Wildman–Crippen MR) is 106 cm³/mol. The van der Waals surface area contributed by atoms with Crippen molar-refractivity contribution in [2.24, 2.45) is 0 Å². The molecule has 1 aromatic carbocycles. The van der Waals surface area contributed by atoms with E-state index < -0.39 is 29.7 Å². The van der Waals surface area contributed by atoms with Crippen molar-refractivity contribution in [3.8, 4) is 11.3 Å². The van der Waals surface area contributed by atoms with Crippen LogP contribution < -0.4 is 0 Å². The molecule has 0 spiro atoms. The van der Waals surface area contributed by atoms with Gasteiger partial charge in [0.25, 0.3) is 5.91 Å². The fourth-order valence-corrected chi connectivity index (χ4v) is 4.20. The van der Waals surface area contributed by atoms with Gasteiger partial charge in [-0.15, -0.1) is 0 Å². The fourth-order valence-electron chi connectivity index (χ4n) is 2.87. The number of hydrogen-bond acceptors (Lipinski definition) is 5. The maximum absolute atomic E-state index is 13.2. The topological polar surface area (TPSA) is 70.8 Å². The molecule has 2 aromatic rings. The summed E-state index contributed by atoms with van der Waals surface area (Å²) in [6, 6.07) is 6.73. The highest BCUT2D eigenvalue weighted by molar-refractivity contribution is 8.26. The van der Waals surface area contributed by atoms with Crippen molar-refractivity contribution < 1.29 is 32.3 Å². The number of carboxylic acid groups (broad SMARTS) is 1. The van der Waals surface area contributed by atoms with Gasteiger partial charge in [-0.1, -0.05) is 49.1 Å². The molecule has 152 valence electrons. The number of furan rings is 1. The van der Waals surface area contributed by atoms with Gasteiger partial charge in [-0.05, 0) is 24.6 Å². The smallest absolute Gasteiger partial charge is 0.417 e. The van der Waals surface area contributed by atoms with E-state index in [4.69, 9.17) is 16.6 Å². The molecular formula is C19H14F3NO4S2. The van der Waals surface area contributed by atoms with Crippen LogP contribution in [0.5, 0.6) is 0 Å². The van der Waals surface area contributed by atoms with Gasteiger partial charge in [0, 0.05) is 11.6 Å². The lowest BCUT2D eigenvalue weighted by Gasteiger charge is -2.21. The van der Waals surface area contributed by atoms with E-state index in [1.807, 2.05) is 0 Å². The van der Waals surface area contributed by atoms with Gasteiger partial charge in [0.15, 0.2) is 0 Å². The molecule has 0 aliphatic carbocycles. The van der Waals surface area contributed by atoms with Crippen molar-refractivity contribution in [1.82, 2.24) is 4.90 Å². The molecule has 1 saturated heterocycles. The number of aliphatic carboxylic acids is 1. The molecule has 1 amide bonds. The number of nitrogens with zero attached hydrogens (tertiary/aromatic N) is 1. The van der Waals surface area contributed by atoms with E-state index in [2.05, 4.69) is 0 Å². The van der Waals surface area contributed by atoms with Crippen molar-refractivity contribution in [1.29, 1.82) is 0 Å². The van der Waals surface area contributed by atoms with Crippen LogP contribution in [0.15, 0.2) is 45.7 Å². The Balaban J connectivity index is 1.91. The first-order valence-electron chi connectivity index (χ1n) is 8.39. The Hall–Kier alpha value is -2.59. The number of amides is 1. The zero-order valence-electron chi connectivity index (χ0n) is 14.9. The Labute approximate surface area is 173 Å². The molecule has 0 unspecified atom stereocenters. The number of rotatable bonds is 5. The third-order valence-corrected chi connectivity index (χ3v) is 5.54. The Kier molecular flexibility index (Phi) is 5.85. The van der Waals surface area contributed by atoms with Gasteiger partial charge in [0.2, 0.25) is 0 Å². The van der Waals surface area contributed by atoms with Gasteiger partial charge in [-0.25, -0.2) is 4.79 Å². The predicted octanol–water partition coefficient (Wildman–Crippen LogP) is 5.03. The third kappa shape index (κ3) is 4.23. The second kappa shape index (κ2) is 8.03. The third-order valence-electron chi connectivity index (χ3n) is 4.21.